The normalized spacial score (nSPS) is 19.6. The van der Waals surface area contributed by atoms with Crippen LogP contribution in [-0.4, -0.2) is 99.1 Å². The molecule has 1 unspecified atom stereocenters. The zero-order valence-electron chi connectivity index (χ0n) is 33.0. The van der Waals surface area contributed by atoms with E-state index in [0.29, 0.717) is 68.1 Å². The average molecular weight is 864 g/mol. The summed E-state index contributed by atoms with van der Waals surface area (Å²) in [5.41, 5.74) is 2.69. The van der Waals surface area contributed by atoms with Crippen molar-refractivity contribution in [2.75, 3.05) is 45.6 Å². The summed E-state index contributed by atoms with van der Waals surface area (Å²) in [6, 6.07) is 9.81. The number of piperidine rings is 2. The number of rotatable bonds is 9. The zero-order chi connectivity index (χ0) is 42.6. The molecule has 324 valence electrons. The monoisotopic (exact) mass is 863 g/mol. The molecule has 60 heavy (non-hydrogen) atoms. The molecule has 1 amide bonds. The van der Waals surface area contributed by atoms with Crippen LogP contribution in [0.4, 0.5) is 26.3 Å². The number of aromatic nitrogens is 4. The summed E-state index contributed by atoms with van der Waals surface area (Å²) >= 11 is 0. The number of sulfonamides is 1. The van der Waals surface area contributed by atoms with Crippen LogP contribution >= 0.6 is 0 Å². The average Bonchev–Trinajstić information content (AvgIpc) is 3.83. The standard InChI is InChI=1S/C41H47F6N7O5S/c1-60(57,58)53-19-13-35-30(23-53)37(39(56)52-17-9-26(10-18-52)28-4-2-3-5-32(28)40(42,43)44)50-54(35)20-8-25-6-7-29(33(22-25)41(45,46)47)27-11-15-51(16-12-27)38(55)36-31-24-59-21-14-34(31)48-49-36/h2-7,22,26-27,38,55H,8-21,23-24H2,1H3,(H,48,49). The Kier molecular flexibility index (Phi) is 11.7. The summed E-state index contributed by atoms with van der Waals surface area (Å²) in [5.74, 6) is -1.27. The molecule has 0 aliphatic carbocycles. The van der Waals surface area contributed by atoms with Gasteiger partial charge in [-0.15, -0.1) is 0 Å². The molecule has 0 saturated carbocycles. The molecular weight excluding hydrogens is 817 g/mol. The predicted octanol–water partition coefficient (Wildman–Crippen LogP) is 6.17. The van der Waals surface area contributed by atoms with Gasteiger partial charge in [-0.2, -0.15) is 40.8 Å². The van der Waals surface area contributed by atoms with Crippen LogP contribution < -0.4 is 0 Å². The molecule has 2 aromatic carbocycles. The van der Waals surface area contributed by atoms with Crippen molar-refractivity contribution in [3.8, 4) is 0 Å². The third-order valence-corrected chi connectivity index (χ3v) is 13.8. The van der Waals surface area contributed by atoms with Gasteiger partial charge >= 0.3 is 12.4 Å². The largest absolute Gasteiger partial charge is 0.416 e. The maximum absolute atomic E-state index is 14.7. The number of aliphatic hydroxyl groups is 1. The van der Waals surface area contributed by atoms with Gasteiger partial charge in [-0.3, -0.25) is 19.5 Å². The van der Waals surface area contributed by atoms with E-state index in [0.717, 1.165) is 23.6 Å². The van der Waals surface area contributed by atoms with Crippen molar-refractivity contribution in [2.24, 2.45) is 0 Å². The Labute approximate surface area is 343 Å². The van der Waals surface area contributed by atoms with E-state index >= 15 is 0 Å². The van der Waals surface area contributed by atoms with Crippen LogP contribution in [0.25, 0.3) is 0 Å². The second-order valence-electron chi connectivity index (χ2n) is 16.2. The highest BCUT2D eigenvalue weighted by molar-refractivity contribution is 7.88. The fourth-order valence-corrected chi connectivity index (χ4v) is 10.1. The quantitative estimate of drug-likeness (QED) is 0.191. The maximum atomic E-state index is 14.7. The smallest absolute Gasteiger partial charge is 0.376 e. The topological polar surface area (TPSA) is 137 Å². The number of nitrogens with zero attached hydrogens (tertiary/aromatic N) is 6. The van der Waals surface area contributed by atoms with E-state index in [-0.39, 0.29) is 81.1 Å². The molecule has 2 fully saturated rings. The number of alkyl halides is 6. The van der Waals surface area contributed by atoms with Gasteiger partial charge in [0.15, 0.2) is 11.9 Å². The first-order valence-corrected chi connectivity index (χ1v) is 22.1. The van der Waals surface area contributed by atoms with Gasteiger partial charge in [0, 0.05) is 81.2 Å². The minimum absolute atomic E-state index is 0.0378. The molecule has 19 heteroatoms. The lowest BCUT2D eigenvalue weighted by atomic mass is 9.85. The molecule has 4 aliphatic rings. The minimum Gasteiger partial charge on any atom is -0.376 e. The number of ether oxygens (including phenoxy) is 1. The van der Waals surface area contributed by atoms with Gasteiger partial charge in [0.25, 0.3) is 5.91 Å². The van der Waals surface area contributed by atoms with Crippen LogP contribution in [-0.2, 0) is 66.1 Å². The van der Waals surface area contributed by atoms with Crippen molar-refractivity contribution in [2.45, 2.75) is 95.1 Å². The van der Waals surface area contributed by atoms with E-state index in [9.17, 15) is 44.7 Å². The third kappa shape index (κ3) is 8.60. The summed E-state index contributed by atoms with van der Waals surface area (Å²) in [6.45, 7) is 2.14. The van der Waals surface area contributed by atoms with Crippen molar-refractivity contribution in [3.05, 3.63) is 104 Å². The first-order chi connectivity index (χ1) is 28.5. The van der Waals surface area contributed by atoms with Gasteiger partial charge in [0.05, 0.1) is 30.6 Å². The lowest BCUT2D eigenvalue weighted by Gasteiger charge is -2.35. The van der Waals surface area contributed by atoms with Gasteiger partial charge in [-0.05, 0) is 72.8 Å². The van der Waals surface area contributed by atoms with Crippen molar-refractivity contribution < 1.29 is 49.4 Å². The highest BCUT2D eigenvalue weighted by Crippen LogP contribution is 2.42. The molecule has 12 nitrogen and oxygen atoms in total. The highest BCUT2D eigenvalue weighted by Gasteiger charge is 2.40. The van der Waals surface area contributed by atoms with Gasteiger partial charge < -0.3 is 14.7 Å². The molecular formula is C41H47F6N7O5S. The summed E-state index contributed by atoms with van der Waals surface area (Å²) in [4.78, 5) is 17.4. The number of aryl methyl sites for hydroxylation is 2. The number of carbonyl (C=O) groups is 1. The molecule has 0 radical (unpaired) electrons. The summed E-state index contributed by atoms with van der Waals surface area (Å²) in [6.07, 6.45) is -6.64. The Hall–Kier alpha value is -4.30. The Balaban J connectivity index is 0.972. The first kappa shape index (κ1) is 42.4. The Morgan fingerprint density at radius 2 is 1.57 bits per heavy atom. The number of likely N-dealkylation sites (tertiary alicyclic amines) is 2. The Bertz CT molecular complexity index is 2330. The fraction of sp³-hybridized carbons (Fsp3) is 0.537. The number of hydrogen-bond donors (Lipinski definition) is 2. The van der Waals surface area contributed by atoms with Gasteiger partial charge in [0.2, 0.25) is 10.0 Å². The molecule has 4 aliphatic heterocycles. The minimum atomic E-state index is -4.63. The van der Waals surface area contributed by atoms with E-state index in [1.807, 2.05) is 4.90 Å². The van der Waals surface area contributed by atoms with Gasteiger partial charge in [-0.1, -0.05) is 30.3 Å². The lowest BCUT2D eigenvalue weighted by molar-refractivity contribution is -0.139. The summed E-state index contributed by atoms with van der Waals surface area (Å²) in [7, 11) is -3.64. The molecule has 2 aromatic heterocycles. The van der Waals surface area contributed by atoms with E-state index < -0.39 is 51.6 Å². The summed E-state index contributed by atoms with van der Waals surface area (Å²) in [5, 5.41) is 23.1. The van der Waals surface area contributed by atoms with Crippen LogP contribution in [0.1, 0.15) is 110 Å². The Morgan fingerprint density at radius 1 is 0.900 bits per heavy atom. The number of aromatic amines is 1. The molecule has 1 atom stereocenters. The van der Waals surface area contributed by atoms with Gasteiger partial charge in [0.1, 0.15) is 5.69 Å². The molecule has 4 aromatic rings. The van der Waals surface area contributed by atoms with E-state index in [4.69, 9.17) is 4.74 Å². The third-order valence-electron chi connectivity index (χ3n) is 12.6. The number of fused-ring (bicyclic) bond motifs is 2. The van der Waals surface area contributed by atoms with E-state index in [2.05, 4.69) is 15.3 Å². The van der Waals surface area contributed by atoms with Gasteiger partial charge in [-0.25, -0.2) is 8.42 Å². The van der Waals surface area contributed by atoms with Crippen molar-refractivity contribution in [1.29, 1.82) is 0 Å². The number of amides is 1. The molecule has 0 bridgehead atoms. The zero-order valence-corrected chi connectivity index (χ0v) is 33.8. The number of hydrogen-bond acceptors (Lipinski definition) is 8. The molecule has 0 spiro atoms. The lowest BCUT2D eigenvalue weighted by Crippen LogP contribution is -2.40. The second-order valence-corrected chi connectivity index (χ2v) is 18.2. The number of benzene rings is 2. The first-order valence-electron chi connectivity index (χ1n) is 20.2. The molecule has 2 N–H and O–H groups in total. The molecule has 8 rings (SSSR count). The van der Waals surface area contributed by atoms with Crippen LogP contribution in [0, 0.1) is 0 Å². The van der Waals surface area contributed by atoms with Crippen LogP contribution in [0.2, 0.25) is 0 Å². The number of nitrogens with one attached hydrogen (secondary N) is 1. The van der Waals surface area contributed by atoms with Crippen molar-refractivity contribution in [1.82, 2.24) is 34.1 Å². The second kappa shape index (κ2) is 16.5. The van der Waals surface area contributed by atoms with Crippen molar-refractivity contribution in [3.63, 3.8) is 0 Å². The van der Waals surface area contributed by atoms with Crippen LogP contribution in [0.5, 0.6) is 0 Å². The predicted molar refractivity (Wildman–Crippen MR) is 206 cm³/mol. The summed E-state index contributed by atoms with van der Waals surface area (Å²) < 4.78 is 119. The number of H-pyrrole nitrogens is 1. The van der Waals surface area contributed by atoms with E-state index in [1.165, 1.54) is 33.5 Å². The Morgan fingerprint density at radius 3 is 2.25 bits per heavy atom. The van der Waals surface area contributed by atoms with Crippen molar-refractivity contribution >= 4 is 15.9 Å². The highest BCUT2D eigenvalue weighted by atomic mass is 32.2. The number of aliphatic hydroxyl groups excluding tert-OH is 1. The fourth-order valence-electron chi connectivity index (χ4n) is 9.33. The van der Waals surface area contributed by atoms with Crippen LogP contribution in [0.15, 0.2) is 42.5 Å². The molecule has 6 heterocycles. The maximum Gasteiger partial charge on any atom is 0.416 e. The van der Waals surface area contributed by atoms with E-state index in [1.54, 1.807) is 16.8 Å². The van der Waals surface area contributed by atoms with Crippen LogP contribution in [0.3, 0.4) is 0 Å². The molecule has 2 saturated heterocycles. The number of carbonyl (C=O) groups excluding carboxylic acids is 1. The number of halogens is 6. The SMILES string of the molecule is CS(=O)(=O)N1CCc2c(c(C(=O)N3CCC(c4ccccc4C(F)(F)F)CC3)nn2CCc2ccc(C3CCN(C(O)c4n[nH]c5c4COCC5)CC3)c(C(F)(F)F)c2)C1.